The lowest BCUT2D eigenvalue weighted by molar-refractivity contribution is 0.0297. The molecule has 0 radical (unpaired) electrons. The summed E-state index contributed by atoms with van der Waals surface area (Å²) in [4.78, 5) is 15.1. The number of aromatic nitrogens is 2. The Morgan fingerprint density at radius 1 is 1.32 bits per heavy atom. The minimum absolute atomic E-state index is 0.0170. The molecule has 1 amide bonds. The number of amides is 1. The Kier molecular flexibility index (Phi) is 6.72. The Hall–Kier alpha value is -2.25. The molecule has 1 aromatic carbocycles. The van der Waals surface area contributed by atoms with Gasteiger partial charge >= 0.3 is 0 Å². The van der Waals surface area contributed by atoms with Gasteiger partial charge in [-0.25, -0.2) is 4.39 Å². The maximum atomic E-state index is 13.9. The maximum Gasteiger partial charge on any atom is 0.274 e. The van der Waals surface area contributed by atoms with Gasteiger partial charge < -0.3 is 15.0 Å². The summed E-state index contributed by atoms with van der Waals surface area (Å²) in [6, 6.07) is 5.63. The quantitative estimate of drug-likeness (QED) is 0.768. The SMILES string of the molecule is Cc1ccc(CN[C@H]2CCc3c(c(C(=O)N4CCOCC4)nn3CC(C)C)C2)cc1F. The first-order chi connectivity index (χ1) is 14.9. The van der Waals surface area contributed by atoms with E-state index in [9.17, 15) is 9.18 Å². The topological polar surface area (TPSA) is 59.4 Å². The van der Waals surface area contributed by atoms with Crippen molar-refractivity contribution < 1.29 is 13.9 Å². The monoisotopic (exact) mass is 428 g/mol. The fourth-order valence-corrected chi connectivity index (χ4v) is 4.46. The number of benzene rings is 1. The summed E-state index contributed by atoms with van der Waals surface area (Å²) in [5, 5.41) is 8.36. The molecule has 0 saturated carbocycles. The van der Waals surface area contributed by atoms with E-state index in [1.165, 1.54) is 5.69 Å². The van der Waals surface area contributed by atoms with Crippen LogP contribution in [0.3, 0.4) is 0 Å². The normalized spacial score (nSPS) is 19.0. The number of carbonyl (C=O) groups excluding carboxylic acids is 1. The molecule has 4 rings (SSSR count). The van der Waals surface area contributed by atoms with Gasteiger partial charge in [-0.3, -0.25) is 9.48 Å². The van der Waals surface area contributed by atoms with Gasteiger partial charge in [-0.05, 0) is 49.3 Å². The van der Waals surface area contributed by atoms with Crippen LogP contribution in [0, 0.1) is 18.7 Å². The highest BCUT2D eigenvalue weighted by atomic mass is 19.1. The van der Waals surface area contributed by atoms with Crippen molar-refractivity contribution in [3.63, 3.8) is 0 Å². The van der Waals surface area contributed by atoms with E-state index in [0.717, 1.165) is 36.9 Å². The Labute approximate surface area is 183 Å². The van der Waals surface area contributed by atoms with E-state index in [1.807, 2.05) is 17.0 Å². The van der Waals surface area contributed by atoms with E-state index in [4.69, 9.17) is 9.84 Å². The van der Waals surface area contributed by atoms with Crippen molar-refractivity contribution in [3.05, 3.63) is 52.1 Å². The number of hydrogen-bond acceptors (Lipinski definition) is 4. The van der Waals surface area contributed by atoms with Gasteiger partial charge in [0.05, 0.1) is 13.2 Å². The van der Waals surface area contributed by atoms with Crippen LogP contribution in [0.2, 0.25) is 0 Å². The molecule has 0 unspecified atom stereocenters. The number of fused-ring (bicyclic) bond motifs is 1. The Morgan fingerprint density at radius 3 is 2.81 bits per heavy atom. The van der Waals surface area contributed by atoms with E-state index in [2.05, 4.69) is 23.8 Å². The third-order valence-electron chi connectivity index (χ3n) is 6.22. The van der Waals surface area contributed by atoms with Gasteiger partial charge in [0.15, 0.2) is 5.69 Å². The van der Waals surface area contributed by atoms with Crippen molar-refractivity contribution in [1.82, 2.24) is 20.0 Å². The van der Waals surface area contributed by atoms with Crippen LogP contribution in [0.1, 0.15) is 53.1 Å². The van der Waals surface area contributed by atoms with Gasteiger partial charge in [0.1, 0.15) is 5.82 Å². The summed E-state index contributed by atoms with van der Waals surface area (Å²) in [6.07, 6.45) is 2.65. The van der Waals surface area contributed by atoms with Crippen molar-refractivity contribution in [1.29, 1.82) is 0 Å². The first-order valence-electron chi connectivity index (χ1n) is 11.4. The lowest BCUT2D eigenvalue weighted by Crippen LogP contribution is -2.41. The fraction of sp³-hybridized carbons (Fsp3) is 0.583. The van der Waals surface area contributed by atoms with Crippen molar-refractivity contribution in [2.24, 2.45) is 5.92 Å². The van der Waals surface area contributed by atoms with Crippen molar-refractivity contribution in [3.8, 4) is 0 Å². The molecule has 1 aliphatic heterocycles. The molecule has 0 bridgehead atoms. The van der Waals surface area contributed by atoms with E-state index in [1.54, 1.807) is 13.0 Å². The molecule has 0 spiro atoms. The number of rotatable bonds is 6. The summed E-state index contributed by atoms with van der Waals surface area (Å²) in [5.74, 6) is 0.310. The summed E-state index contributed by atoms with van der Waals surface area (Å²) in [7, 11) is 0. The predicted octanol–water partition coefficient (Wildman–Crippen LogP) is 3.11. The molecule has 2 heterocycles. The standard InChI is InChI=1S/C24H33FN4O2/c1-16(2)15-29-22-7-6-19(26-14-18-5-4-17(3)21(25)12-18)13-20(22)23(27-29)24(30)28-8-10-31-11-9-28/h4-5,12,16,19,26H,6-11,13-15H2,1-3H3/t19-/m0/s1. The molecule has 7 heteroatoms. The molecule has 1 N–H and O–H groups in total. The van der Waals surface area contributed by atoms with E-state index in [-0.39, 0.29) is 17.8 Å². The van der Waals surface area contributed by atoms with Crippen molar-refractivity contribution >= 4 is 5.91 Å². The molecular weight excluding hydrogens is 395 g/mol. The Morgan fingerprint density at radius 2 is 2.10 bits per heavy atom. The van der Waals surface area contributed by atoms with Crippen LogP contribution in [0.4, 0.5) is 4.39 Å². The molecule has 2 aromatic rings. The maximum absolute atomic E-state index is 13.9. The minimum atomic E-state index is -0.168. The van der Waals surface area contributed by atoms with Crippen molar-refractivity contribution in [2.75, 3.05) is 26.3 Å². The van der Waals surface area contributed by atoms with E-state index in [0.29, 0.717) is 50.0 Å². The molecular formula is C24H33FN4O2. The third-order valence-corrected chi connectivity index (χ3v) is 6.22. The van der Waals surface area contributed by atoms with Crippen LogP contribution in [-0.2, 0) is 30.7 Å². The molecule has 6 nitrogen and oxygen atoms in total. The number of ether oxygens (including phenoxy) is 1. The number of carbonyl (C=O) groups is 1. The van der Waals surface area contributed by atoms with Crippen LogP contribution in [0.5, 0.6) is 0 Å². The first kappa shape index (κ1) is 22.0. The highest BCUT2D eigenvalue weighted by Gasteiger charge is 2.31. The Bertz CT molecular complexity index is 934. The van der Waals surface area contributed by atoms with Crippen LogP contribution >= 0.6 is 0 Å². The number of aryl methyl sites for hydroxylation is 1. The second kappa shape index (κ2) is 9.49. The largest absolute Gasteiger partial charge is 0.378 e. The smallest absolute Gasteiger partial charge is 0.274 e. The molecule has 1 fully saturated rings. The third kappa shape index (κ3) is 4.99. The van der Waals surface area contributed by atoms with Crippen LogP contribution < -0.4 is 5.32 Å². The van der Waals surface area contributed by atoms with Crippen molar-refractivity contribution in [2.45, 2.75) is 59.2 Å². The molecule has 1 aliphatic carbocycles. The second-order valence-corrected chi connectivity index (χ2v) is 9.16. The average molecular weight is 429 g/mol. The molecule has 2 aliphatic rings. The van der Waals surface area contributed by atoms with E-state index < -0.39 is 0 Å². The predicted molar refractivity (Wildman–Crippen MR) is 118 cm³/mol. The molecule has 168 valence electrons. The van der Waals surface area contributed by atoms with E-state index >= 15 is 0 Å². The lowest BCUT2D eigenvalue weighted by Gasteiger charge is -2.28. The summed E-state index contributed by atoms with van der Waals surface area (Å²) < 4.78 is 21.3. The minimum Gasteiger partial charge on any atom is -0.378 e. The number of hydrogen-bond donors (Lipinski definition) is 1. The number of nitrogens with zero attached hydrogens (tertiary/aromatic N) is 3. The van der Waals surface area contributed by atoms with Gasteiger partial charge in [-0.2, -0.15) is 5.10 Å². The fourth-order valence-electron chi connectivity index (χ4n) is 4.46. The first-order valence-corrected chi connectivity index (χ1v) is 11.4. The molecule has 31 heavy (non-hydrogen) atoms. The highest BCUT2D eigenvalue weighted by molar-refractivity contribution is 5.94. The molecule has 1 atom stereocenters. The summed E-state index contributed by atoms with van der Waals surface area (Å²) in [5.41, 5.74) is 4.48. The van der Waals surface area contributed by atoms with Gasteiger partial charge in [0, 0.05) is 43.5 Å². The van der Waals surface area contributed by atoms with Gasteiger partial charge in [0.25, 0.3) is 5.91 Å². The Balaban J connectivity index is 1.52. The molecule has 1 aromatic heterocycles. The molecule has 1 saturated heterocycles. The highest BCUT2D eigenvalue weighted by Crippen LogP contribution is 2.27. The van der Waals surface area contributed by atoms with Gasteiger partial charge in [-0.1, -0.05) is 26.0 Å². The summed E-state index contributed by atoms with van der Waals surface area (Å²) in [6.45, 7) is 9.95. The lowest BCUT2D eigenvalue weighted by atomic mass is 9.90. The van der Waals surface area contributed by atoms with Crippen LogP contribution in [0.15, 0.2) is 18.2 Å². The zero-order chi connectivity index (χ0) is 22.0. The second-order valence-electron chi connectivity index (χ2n) is 9.16. The zero-order valence-corrected chi connectivity index (χ0v) is 18.8. The number of nitrogens with one attached hydrogen (secondary N) is 1. The van der Waals surface area contributed by atoms with Gasteiger partial charge in [-0.15, -0.1) is 0 Å². The average Bonchev–Trinajstić information content (AvgIpc) is 3.11. The summed E-state index contributed by atoms with van der Waals surface area (Å²) >= 11 is 0. The van der Waals surface area contributed by atoms with Crippen LogP contribution in [-0.4, -0.2) is 52.9 Å². The van der Waals surface area contributed by atoms with Crippen LogP contribution in [0.25, 0.3) is 0 Å². The van der Waals surface area contributed by atoms with Gasteiger partial charge in [0.2, 0.25) is 0 Å². The zero-order valence-electron chi connectivity index (χ0n) is 18.8. The number of morpholine rings is 1. The number of halogens is 1.